The molecule has 6 heteroatoms. The summed E-state index contributed by atoms with van der Waals surface area (Å²) in [6.45, 7) is 1.88. The maximum Gasteiger partial charge on any atom is 0.317 e. The lowest BCUT2D eigenvalue weighted by atomic mass is 9.73. The minimum atomic E-state index is -0.954. The van der Waals surface area contributed by atoms with Gasteiger partial charge in [0, 0.05) is 5.92 Å². The molecule has 0 aliphatic heterocycles. The number of benzene rings is 2. The van der Waals surface area contributed by atoms with Gasteiger partial charge in [-0.25, -0.2) is 4.39 Å². The molecule has 2 atom stereocenters. The van der Waals surface area contributed by atoms with Crippen LogP contribution in [0.2, 0.25) is 0 Å². The third-order valence-corrected chi connectivity index (χ3v) is 5.06. The highest BCUT2D eigenvalue weighted by Gasteiger charge is 2.39. The molecule has 0 amide bonds. The van der Waals surface area contributed by atoms with Crippen LogP contribution >= 0.6 is 0 Å². The van der Waals surface area contributed by atoms with Crippen LogP contribution in [0.4, 0.5) is 4.39 Å². The lowest BCUT2D eigenvalue weighted by molar-refractivity contribution is -0.151. The first-order valence-electron chi connectivity index (χ1n) is 9.37. The Kier molecular flexibility index (Phi) is 6.32. The van der Waals surface area contributed by atoms with Crippen molar-refractivity contribution in [2.45, 2.75) is 19.3 Å². The summed E-state index contributed by atoms with van der Waals surface area (Å²) in [6, 6.07) is 11.3. The van der Waals surface area contributed by atoms with Crippen LogP contribution < -0.4 is 9.47 Å². The fourth-order valence-electron chi connectivity index (χ4n) is 3.64. The van der Waals surface area contributed by atoms with Gasteiger partial charge in [0.1, 0.15) is 11.7 Å². The van der Waals surface area contributed by atoms with Crippen LogP contribution in [0.5, 0.6) is 11.5 Å². The van der Waals surface area contributed by atoms with Crippen molar-refractivity contribution < 1.29 is 28.2 Å². The molecule has 0 spiro atoms. The third-order valence-electron chi connectivity index (χ3n) is 5.06. The first-order valence-corrected chi connectivity index (χ1v) is 9.37. The van der Waals surface area contributed by atoms with Gasteiger partial charge in [-0.2, -0.15) is 0 Å². The van der Waals surface area contributed by atoms with Crippen molar-refractivity contribution >= 4 is 17.3 Å². The molecule has 0 saturated heterocycles. The molecule has 29 heavy (non-hydrogen) atoms. The van der Waals surface area contributed by atoms with Crippen molar-refractivity contribution in [3.63, 3.8) is 0 Å². The van der Waals surface area contributed by atoms with Gasteiger partial charge in [0.2, 0.25) is 0 Å². The molecular weight excluding hydrogens is 375 g/mol. The molecule has 0 radical (unpaired) electrons. The zero-order valence-corrected chi connectivity index (χ0v) is 16.6. The van der Waals surface area contributed by atoms with E-state index < -0.39 is 17.8 Å². The molecule has 2 aromatic carbocycles. The van der Waals surface area contributed by atoms with E-state index in [0.717, 1.165) is 11.1 Å². The fraction of sp³-hybridized carbons (Fsp3) is 0.304. The predicted molar refractivity (Wildman–Crippen MR) is 106 cm³/mol. The van der Waals surface area contributed by atoms with Crippen molar-refractivity contribution in [3.05, 3.63) is 65.5 Å². The van der Waals surface area contributed by atoms with E-state index in [2.05, 4.69) is 0 Å². The summed E-state index contributed by atoms with van der Waals surface area (Å²) >= 11 is 0. The Morgan fingerprint density at radius 1 is 1.07 bits per heavy atom. The van der Waals surface area contributed by atoms with Crippen molar-refractivity contribution in [2.24, 2.45) is 5.92 Å². The van der Waals surface area contributed by atoms with Crippen LogP contribution in [0.15, 0.2) is 48.5 Å². The highest BCUT2D eigenvalue weighted by molar-refractivity contribution is 6.10. The van der Waals surface area contributed by atoms with Gasteiger partial charge >= 0.3 is 5.97 Å². The predicted octanol–water partition coefficient (Wildman–Crippen LogP) is 4.16. The Balaban J connectivity index is 2.03. The summed E-state index contributed by atoms with van der Waals surface area (Å²) in [4.78, 5) is 25.4. The highest BCUT2D eigenvalue weighted by Crippen LogP contribution is 2.42. The van der Waals surface area contributed by atoms with Gasteiger partial charge in [0.25, 0.3) is 0 Å². The lowest BCUT2D eigenvalue weighted by Crippen LogP contribution is -2.34. The Bertz CT molecular complexity index is 933. The van der Waals surface area contributed by atoms with Gasteiger partial charge in [-0.1, -0.05) is 18.2 Å². The second kappa shape index (κ2) is 8.90. The number of methoxy groups -OCH3 is 2. The number of ketones is 1. The first kappa shape index (κ1) is 20.6. The average Bonchev–Trinajstić information content (AvgIpc) is 2.73. The van der Waals surface area contributed by atoms with Gasteiger partial charge in [-0.05, 0) is 60.4 Å². The number of halogens is 1. The summed E-state index contributed by atoms with van der Waals surface area (Å²) in [6.07, 6.45) is 1.92. The van der Waals surface area contributed by atoms with E-state index in [9.17, 15) is 14.0 Å². The standard InChI is InChI=1S/C23H23FO5/c1-4-29-23(26)22-18(14-5-8-17(24)9-6-14)11-16(12-19(22)25)15-7-10-20(27-2)21(13-15)28-3/h5-10,12-13,18,22H,4,11H2,1-3H3/t18-,22-/m1/s1. The number of allylic oxidation sites excluding steroid dienone is 2. The van der Waals surface area contributed by atoms with Crippen LogP contribution in [0.25, 0.3) is 5.57 Å². The molecule has 0 fully saturated rings. The van der Waals surface area contributed by atoms with E-state index in [0.29, 0.717) is 23.5 Å². The quantitative estimate of drug-likeness (QED) is 0.540. The van der Waals surface area contributed by atoms with Crippen LogP contribution in [0.1, 0.15) is 30.4 Å². The number of hydrogen-bond donors (Lipinski definition) is 0. The van der Waals surface area contributed by atoms with Crippen molar-refractivity contribution in [2.75, 3.05) is 20.8 Å². The molecule has 0 aromatic heterocycles. The van der Waals surface area contributed by atoms with Crippen molar-refractivity contribution in [1.82, 2.24) is 0 Å². The van der Waals surface area contributed by atoms with E-state index in [4.69, 9.17) is 14.2 Å². The monoisotopic (exact) mass is 398 g/mol. The second-order valence-electron chi connectivity index (χ2n) is 6.73. The van der Waals surface area contributed by atoms with E-state index >= 15 is 0 Å². The Morgan fingerprint density at radius 3 is 2.38 bits per heavy atom. The van der Waals surface area contributed by atoms with E-state index in [1.54, 1.807) is 45.4 Å². The van der Waals surface area contributed by atoms with Gasteiger partial charge in [-0.3, -0.25) is 9.59 Å². The zero-order chi connectivity index (χ0) is 21.0. The first-order chi connectivity index (χ1) is 14.0. The van der Waals surface area contributed by atoms with Gasteiger partial charge in [0.15, 0.2) is 17.3 Å². The molecule has 152 valence electrons. The number of ether oxygens (including phenoxy) is 3. The molecule has 0 heterocycles. The number of carbonyl (C=O) groups excluding carboxylic acids is 2. The minimum Gasteiger partial charge on any atom is -0.493 e. The third kappa shape index (κ3) is 4.31. The number of carbonyl (C=O) groups is 2. The fourth-order valence-corrected chi connectivity index (χ4v) is 3.64. The van der Waals surface area contributed by atoms with Crippen molar-refractivity contribution in [3.8, 4) is 11.5 Å². The highest BCUT2D eigenvalue weighted by atomic mass is 19.1. The largest absolute Gasteiger partial charge is 0.493 e. The molecule has 1 aliphatic carbocycles. The van der Waals surface area contributed by atoms with Crippen LogP contribution in [-0.4, -0.2) is 32.6 Å². The summed E-state index contributed by atoms with van der Waals surface area (Å²) in [5.74, 6) is -1.54. The second-order valence-corrected chi connectivity index (χ2v) is 6.73. The van der Waals surface area contributed by atoms with E-state index in [1.165, 1.54) is 18.2 Å². The molecule has 3 rings (SSSR count). The smallest absolute Gasteiger partial charge is 0.317 e. The molecule has 0 N–H and O–H groups in total. The van der Waals surface area contributed by atoms with Gasteiger partial charge in [-0.15, -0.1) is 0 Å². The average molecular weight is 398 g/mol. The number of rotatable bonds is 6. The van der Waals surface area contributed by atoms with Crippen LogP contribution in [0, 0.1) is 11.7 Å². The maximum absolute atomic E-state index is 13.4. The zero-order valence-electron chi connectivity index (χ0n) is 16.6. The van der Waals surface area contributed by atoms with Crippen LogP contribution in [0.3, 0.4) is 0 Å². The molecule has 0 unspecified atom stereocenters. The molecule has 5 nitrogen and oxygen atoms in total. The van der Waals surface area contributed by atoms with Crippen LogP contribution in [-0.2, 0) is 14.3 Å². The SMILES string of the molecule is CCOC(=O)[C@H]1C(=O)C=C(c2ccc(OC)c(OC)c2)C[C@@H]1c1ccc(F)cc1. The topological polar surface area (TPSA) is 61.8 Å². The lowest BCUT2D eigenvalue weighted by Gasteiger charge is -2.29. The Labute approximate surface area is 169 Å². The number of esters is 1. The normalized spacial score (nSPS) is 18.8. The molecule has 0 bridgehead atoms. The molecule has 1 aliphatic rings. The summed E-state index contributed by atoms with van der Waals surface area (Å²) in [5.41, 5.74) is 2.28. The van der Waals surface area contributed by atoms with E-state index in [1.807, 2.05) is 6.07 Å². The van der Waals surface area contributed by atoms with Gasteiger partial charge < -0.3 is 14.2 Å². The molecular formula is C23H23FO5. The Morgan fingerprint density at radius 2 is 1.76 bits per heavy atom. The van der Waals surface area contributed by atoms with Gasteiger partial charge in [0.05, 0.1) is 20.8 Å². The number of hydrogen-bond acceptors (Lipinski definition) is 5. The molecule has 0 saturated carbocycles. The maximum atomic E-state index is 13.4. The van der Waals surface area contributed by atoms with Crippen molar-refractivity contribution in [1.29, 1.82) is 0 Å². The van der Waals surface area contributed by atoms with E-state index in [-0.39, 0.29) is 18.2 Å². The minimum absolute atomic E-state index is 0.186. The summed E-state index contributed by atoms with van der Waals surface area (Å²) in [7, 11) is 3.09. The summed E-state index contributed by atoms with van der Waals surface area (Å²) in [5, 5.41) is 0. The molecule has 2 aromatic rings. The summed E-state index contributed by atoms with van der Waals surface area (Å²) < 4.78 is 29.2. The Hall–Kier alpha value is -3.15.